The van der Waals surface area contributed by atoms with Gasteiger partial charge in [0, 0.05) is 17.5 Å². The summed E-state index contributed by atoms with van der Waals surface area (Å²) in [6, 6.07) is 8.69. The fourth-order valence-electron chi connectivity index (χ4n) is 5.08. The van der Waals surface area contributed by atoms with E-state index < -0.39 is 11.6 Å². The van der Waals surface area contributed by atoms with Crippen molar-refractivity contribution in [2.24, 2.45) is 11.1 Å². The molecule has 2 aliphatic rings. The van der Waals surface area contributed by atoms with Crippen LogP contribution in [-0.2, 0) is 0 Å². The molecule has 3 aromatic rings. The average molecular weight is 356 g/mol. The smallest absolute Gasteiger partial charge is 0.150 e. The van der Waals surface area contributed by atoms with Crippen LogP contribution in [0.2, 0.25) is 0 Å². The Morgan fingerprint density at radius 2 is 1.62 bits per heavy atom. The number of H-pyrrole nitrogens is 1. The molecule has 1 spiro atoms. The Morgan fingerprint density at radius 1 is 0.923 bits per heavy atom. The van der Waals surface area contributed by atoms with E-state index >= 15 is 0 Å². The molecule has 2 nitrogen and oxygen atoms in total. The molecule has 0 radical (unpaired) electrons. The number of nitrogens with two attached hydrogens (primary N) is 1. The second-order valence-electron chi connectivity index (χ2n) is 8.00. The predicted octanol–water partition coefficient (Wildman–Crippen LogP) is 5.24. The van der Waals surface area contributed by atoms with Crippen molar-refractivity contribution in [2.75, 3.05) is 0 Å². The highest BCUT2D eigenvalue weighted by atomic mass is 19.1. The van der Waals surface area contributed by atoms with E-state index in [1.807, 2.05) is 0 Å². The molecule has 2 fully saturated rings. The first kappa shape index (κ1) is 15.9. The lowest BCUT2D eigenvalue weighted by Gasteiger charge is -2.57. The van der Waals surface area contributed by atoms with Crippen molar-refractivity contribution in [3.05, 3.63) is 59.4 Å². The van der Waals surface area contributed by atoms with Gasteiger partial charge in [-0.2, -0.15) is 0 Å². The molecule has 0 saturated heterocycles. The summed E-state index contributed by atoms with van der Waals surface area (Å²) < 4.78 is 41.5. The zero-order valence-electron chi connectivity index (χ0n) is 14.2. The number of nitrogens with one attached hydrogen (secondary N) is 1. The van der Waals surface area contributed by atoms with E-state index in [1.54, 1.807) is 12.1 Å². The largest absolute Gasteiger partial charge is 0.352 e. The third kappa shape index (κ3) is 2.30. The first-order valence-electron chi connectivity index (χ1n) is 8.96. The van der Waals surface area contributed by atoms with Crippen LogP contribution >= 0.6 is 0 Å². The first-order valence-corrected chi connectivity index (χ1v) is 8.96. The van der Waals surface area contributed by atoms with Gasteiger partial charge in [-0.15, -0.1) is 0 Å². The summed E-state index contributed by atoms with van der Waals surface area (Å²) in [4.78, 5) is 3.13. The molecule has 1 aromatic heterocycles. The minimum atomic E-state index is -0.602. The van der Waals surface area contributed by atoms with Gasteiger partial charge in [-0.25, -0.2) is 13.2 Å². The number of hydrogen-bond donors (Lipinski definition) is 2. The number of aromatic amines is 1. The number of aromatic nitrogens is 1. The summed E-state index contributed by atoms with van der Waals surface area (Å²) in [5.41, 5.74) is 9.05. The van der Waals surface area contributed by atoms with Crippen molar-refractivity contribution >= 4 is 10.9 Å². The van der Waals surface area contributed by atoms with Crippen molar-refractivity contribution in [3.63, 3.8) is 0 Å². The molecule has 0 atom stereocenters. The minimum absolute atomic E-state index is 0.234. The maximum absolute atomic E-state index is 14.3. The molecule has 1 heterocycles. The first-order chi connectivity index (χ1) is 12.4. The Bertz CT molecular complexity index is 992. The van der Waals surface area contributed by atoms with Gasteiger partial charge in [-0.3, -0.25) is 0 Å². The lowest BCUT2D eigenvalue weighted by atomic mass is 9.49. The zero-order chi connectivity index (χ0) is 18.1. The van der Waals surface area contributed by atoms with Crippen LogP contribution in [0.3, 0.4) is 0 Å². The van der Waals surface area contributed by atoms with Crippen LogP contribution in [0.15, 0.2) is 36.4 Å². The molecule has 3 N–H and O–H groups in total. The van der Waals surface area contributed by atoms with Crippen molar-refractivity contribution in [1.82, 2.24) is 4.98 Å². The monoisotopic (exact) mass is 356 g/mol. The molecule has 5 rings (SSSR count). The third-order valence-corrected chi connectivity index (χ3v) is 6.15. The lowest BCUT2D eigenvalue weighted by Crippen LogP contribution is -2.52. The third-order valence-electron chi connectivity index (χ3n) is 6.15. The van der Waals surface area contributed by atoms with Gasteiger partial charge in [-0.05, 0) is 78.5 Å². The van der Waals surface area contributed by atoms with Gasteiger partial charge >= 0.3 is 0 Å². The van der Waals surface area contributed by atoms with Crippen LogP contribution in [0.25, 0.3) is 22.2 Å². The standard InChI is InChI=1S/C21H19F3N2/c22-13-3-1-11(2-4-13)19-18(12-7-21(8-12)9-15(25)10-21)16-5-14(23)6-17(24)20(16)26-19/h1-6,12,15,26H,7-10,25H2. The maximum Gasteiger partial charge on any atom is 0.150 e. The molecule has 26 heavy (non-hydrogen) atoms. The van der Waals surface area contributed by atoms with E-state index in [1.165, 1.54) is 18.2 Å². The molecule has 134 valence electrons. The van der Waals surface area contributed by atoms with Crippen molar-refractivity contribution < 1.29 is 13.2 Å². The summed E-state index contributed by atoms with van der Waals surface area (Å²) in [7, 11) is 0. The van der Waals surface area contributed by atoms with Gasteiger partial charge in [-0.1, -0.05) is 0 Å². The molecular weight excluding hydrogens is 337 g/mol. The van der Waals surface area contributed by atoms with Gasteiger partial charge in [0.1, 0.15) is 17.5 Å². The molecule has 5 heteroatoms. The van der Waals surface area contributed by atoms with Gasteiger partial charge in [0.2, 0.25) is 0 Å². The van der Waals surface area contributed by atoms with Crippen LogP contribution in [0.5, 0.6) is 0 Å². The second-order valence-corrected chi connectivity index (χ2v) is 8.00. The lowest BCUT2D eigenvalue weighted by molar-refractivity contribution is -0.00760. The maximum atomic E-state index is 14.3. The summed E-state index contributed by atoms with van der Waals surface area (Å²) >= 11 is 0. The molecule has 0 amide bonds. The normalized spacial score (nSPS) is 27.5. The molecule has 0 unspecified atom stereocenters. The van der Waals surface area contributed by atoms with E-state index in [0.717, 1.165) is 48.6 Å². The summed E-state index contributed by atoms with van der Waals surface area (Å²) in [5, 5.41) is 0.588. The SMILES string of the molecule is NC1CC2(C1)CC(c1c(-c3ccc(F)cc3)[nH]c3c(F)cc(F)cc13)C2. The van der Waals surface area contributed by atoms with Gasteiger partial charge in [0.05, 0.1) is 11.2 Å². The molecule has 2 aromatic carbocycles. The molecule has 0 aliphatic heterocycles. The Balaban J connectivity index is 1.64. The van der Waals surface area contributed by atoms with E-state index in [9.17, 15) is 13.2 Å². The van der Waals surface area contributed by atoms with Crippen LogP contribution in [0.1, 0.15) is 37.2 Å². The topological polar surface area (TPSA) is 41.8 Å². The molecule has 2 saturated carbocycles. The van der Waals surface area contributed by atoms with Crippen LogP contribution in [-0.4, -0.2) is 11.0 Å². The van der Waals surface area contributed by atoms with Crippen molar-refractivity contribution in [2.45, 2.75) is 37.6 Å². The van der Waals surface area contributed by atoms with E-state index in [0.29, 0.717) is 16.3 Å². The highest BCUT2D eigenvalue weighted by molar-refractivity contribution is 5.92. The predicted molar refractivity (Wildman–Crippen MR) is 95.2 cm³/mol. The number of benzene rings is 2. The van der Waals surface area contributed by atoms with Gasteiger partial charge < -0.3 is 10.7 Å². The summed E-state index contributed by atoms with van der Waals surface area (Å²) in [5.74, 6) is -1.28. The summed E-state index contributed by atoms with van der Waals surface area (Å²) in [6.07, 6.45) is 4.03. The van der Waals surface area contributed by atoms with Crippen molar-refractivity contribution in [1.29, 1.82) is 0 Å². The molecular formula is C21H19F3N2. The minimum Gasteiger partial charge on any atom is -0.352 e. The van der Waals surface area contributed by atoms with Crippen LogP contribution < -0.4 is 5.73 Å². The number of halogens is 3. The van der Waals surface area contributed by atoms with Gasteiger partial charge in [0.15, 0.2) is 0 Å². The van der Waals surface area contributed by atoms with E-state index in [2.05, 4.69) is 4.98 Å². The fraction of sp³-hybridized carbons (Fsp3) is 0.333. The zero-order valence-corrected chi connectivity index (χ0v) is 14.2. The molecule has 0 bridgehead atoms. The number of rotatable bonds is 2. The number of hydrogen-bond acceptors (Lipinski definition) is 1. The van der Waals surface area contributed by atoms with Crippen LogP contribution in [0, 0.1) is 22.9 Å². The van der Waals surface area contributed by atoms with Crippen molar-refractivity contribution in [3.8, 4) is 11.3 Å². The Labute approximate surface area is 149 Å². The van der Waals surface area contributed by atoms with E-state index in [4.69, 9.17) is 5.73 Å². The van der Waals surface area contributed by atoms with E-state index in [-0.39, 0.29) is 17.8 Å². The Kier molecular flexibility index (Phi) is 3.29. The Hall–Kier alpha value is -2.27. The quantitative estimate of drug-likeness (QED) is 0.648. The average Bonchev–Trinajstić information content (AvgIpc) is 2.89. The van der Waals surface area contributed by atoms with Crippen LogP contribution in [0.4, 0.5) is 13.2 Å². The fourth-order valence-corrected chi connectivity index (χ4v) is 5.08. The summed E-state index contributed by atoms with van der Waals surface area (Å²) in [6.45, 7) is 0. The second kappa shape index (κ2) is 5.36. The highest BCUT2D eigenvalue weighted by Gasteiger charge is 2.52. The number of fused-ring (bicyclic) bond motifs is 1. The van der Waals surface area contributed by atoms with Gasteiger partial charge in [0.25, 0.3) is 0 Å². The Morgan fingerprint density at radius 3 is 2.27 bits per heavy atom. The highest BCUT2D eigenvalue weighted by Crippen LogP contribution is 2.63. The molecule has 2 aliphatic carbocycles.